The Morgan fingerprint density at radius 1 is 1.62 bits per heavy atom. The molecule has 3 heteroatoms. The maximum Gasteiger partial charge on any atom is 0.0666 e. The van der Waals surface area contributed by atoms with Crippen LogP contribution in [-0.2, 0) is 4.74 Å². The van der Waals surface area contributed by atoms with Crippen LogP contribution in [0.15, 0.2) is 0 Å². The van der Waals surface area contributed by atoms with E-state index in [0.29, 0.717) is 12.1 Å². The Morgan fingerprint density at radius 3 is 3.08 bits per heavy atom. The smallest absolute Gasteiger partial charge is 0.0666 e. The van der Waals surface area contributed by atoms with E-state index in [1.54, 1.807) is 0 Å². The van der Waals surface area contributed by atoms with Crippen molar-refractivity contribution in [3.05, 3.63) is 0 Å². The van der Waals surface area contributed by atoms with Gasteiger partial charge in [0.25, 0.3) is 0 Å². The first-order valence-electron chi connectivity index (χ1n) is 5.25. The summed E-state index contributed by atoms with van der Waals surface area (Å²) in [6, 6.07) is 0.636. The molecule has 0 aromatic heterocycles. The standard InChI is InChI=1S/C10H21NOS/c1-3-11-9(2)7-13-8-10-5-4-6-12-10/h9-11H,3-8H2,1-2H3. The minimum atomic E-state index is 0.541. The van der Waals surface area contributed by atoms with Gasteiger partial charge in [0, 0.05) is 24.2 Å². The molecule has 2 nitrogen and oxygen atoms in total. The lowest BCUT2D eigenvalue weighted by atomic mass is 10.3. The Kier molecular flexibility index (Phi) is 5.83. The normalized spacial score (nSPS) is 24.9. The number of rotatable bonds is 6. The molecule has 0 aromatic carbocycles. The van der Waals surface area contributed by atoms with Crippen LogP contribution in [0.5, 0.6) is 0 Å². The zero-order valence-electron chi connectivity index (χ0n) is 8.71. The predicted molar refractivity (Wildman–Crippen MR) is 59.4 cm³/mol. The second kappa shape index (κ2) is 6.68. The van der Waals surface area contributed by atoms with Crippen molar-refractivity contribution in [3.63, 3.8) is 0 Å². The summed E-state index contributed by atoms with van der Waals surface area (Å²) in [5.41, 5.74) is 0. The summed E-state index contributed by atoms with van der Waals surface area (Å²) in [7, 11) is 0. The number of hydrogen-bond acceptors (Lipinski definition) is 3. The van der Waals surface area contributed by atoms with E-state index in [4.69, 9.17) is 4.74 Å². The van der Waals surface area contributed by atoms with Crippen LogP contribution in [0.3, 0.4) is 0 Å². The van der Waals surface area contributed by atoms with Gasteiger partial charge >= 0.3 is 0 Å². The van der Waals surface area contributed by atoms with Crippen LogP contribution in [0, 0.1) is 0 Å². The van der Waals surface area contributed by atoms with Crippen molar-refractivity contribution in [1.82, 2.24) is 5.32 Å². The molecule has 0 saturated carbocycles. The highest BCUT2D eigenvalue weighted by molar-refractivity contribution is 7.99. The lowest BCUT2D eigenvalue weighted by molar-refractivity contribution is 0.129. The number of hydrogen-bond donors (Lipinski definition) is 1. The Hall–Kier alpha value is 0.270. The SMILES string of the molecule is CCNC(C)CSCC1CCCO1. The summed E-state index contributed by atoms with van der Waals surface area (Å²) in [6.07, 6.45) is 3.06. The Labute approximate surface area is 85.8 Å². The highest BCUT2D eigenvalue weighted by atomic mass is 32.2. The van der Waals surface area contributed by atoms with E-state index in [1.807, 2.05) is 11.8 Å². The minimum Gasteiger partial charge on any atom is -0.377 e. The summed E-state index contributed by atoms with van der Waals surface area (Å²) >= 11 is 2.01. The number of nitrogens with one attached hydrogen (secondary N) is 1. The summed E-state index contributed by atoms with van der Waals surface area (Å²) in [5, 5.41) is 3.41. The Balaban J connectivity index is 1.93. The molecule has 1 aliphatic rings. The monoisotopic (exact) mass is 203 g/mol. The van der Waals surface area contributed by atoms with Crippen molar-refractivity contribution in [3.8, 4) is 0 Å². The topological polar surface area (TPSA) is 21.3 Å². The second-order valence-electron chi connectivity index (χ2n) is 3.63. The quantitative estimate of drug-likeness (QED) is 0.712. The minimum absolute atomic E-state index is 0.541. The van der Waals surface area contributed by atoms with Crippen LogP contribution in [-0.4, -0.2) is 36.8 Å². The zero-order valence-corrected chi connectivity index (χ0v) is 9.53. The van der Waals surface area contributed by atoms with Crippen LogP contribution < -0.4 is 5.32 Å². The third-order valence-corrected chi connectivity index (χ3v) is 3.59. The average molecular weight is 203 g/mol. The molecule has 0 spiro atoms. The van der Waals surface area contributed by atoms with Crippen molar-refractivity contribution in [2.45, 2.75) is 38.8 Å². The largest absolute Gasteiger partial charge is 0.377 e. The first kappa shape index (κ1) is 11.3. The van der Waals surface area contributed by atoms with E-state index in [-0.39, 0.29) is 0 Å². The molecule has 1 rings (SSSR count). The molecule has 0 radical (unpaired) electrons. The van der Waals surface area contributed by atoms with Gasteiger partial charge in [0.2, 0.25) is 0 Å². The van der Waals surface area contributed by atoms with Gasteiger partial charge in [-0.1, -0.05) is 6.92 Å². The van der Waals surface area contributed by atoms with Crippen molar-refractivity contribution in [2.24, 2.45) is 0 Å². The molecule has 2 atom stereocenters. The van der Waals surface area contributed by atoms with Crippen LogP contribution in [0.4, 0.5) is 0 Å². The van der Waals surface area contributed by atoms with E-state index < -0.39 is 0 Å². The van der Waals surface area contributed by atoms with Crippen LogP contribution in [0.1, 0.15) is 26.7 Å². The molecule has 0 aromatic rings. The molecule has 0 bridgehead atoms. The molecule has 13 heavy (non-hydrogen) atoms. The van der Waals surface area contributed by atoms with Gasteiger partial charge in [0.15, 0.2) is 0 Å². The molecule has 1 heterocycles. The molecule has 1 saturated heterocycles. The van der Waals surface area contributed by atoms with Crippen LogP contribution in [0.25, 0.3) is 0 Å². The van der Waals surface area contributed by atoms with Crippen molar-refractivity contribution in [1.29, 1.82) is 0 Å². The summed E-state index contributed by atoms with van der Waals surface area (Å²) in [6.45, 7) is 6.45. The van der Waals surface area contributed by atoms with Gasteiger partial charge in [0.1, 0.15) is 0 Å². The predicted octanol–water partition coefficient (Wildman–Crippen LogP) is 1.90. The number of thioether (sulfide) groups is 1. The summed E-state index contributed by atoms with van der Waals surface area (Å²) in [4.78, 5) is 0. The fourth-order valence-corrected chi connectivity index (χ4v) is 2.69. The van der Waals surface area contributed by atoms with Crippen molar-refractivity contribution in [2.75, 3.05) is 24.7 Å². The maximum atomic E-state index is 5.55. The zero-order chi connectivity index (χ0) is 9.52. The van der Waals surface area contributed by atoms with Gasteiger partial charge in [-0.2, -0.15) is 11.8 Å². The fourth-order valence-electron chi connectivity index (χ4n) is 1.56. The first-order valence-corrected chi connectivity index (χ1v) is 6.41. The molecule has 0 amide bonds. The van der Waals surface area contributed by atoms with Gasteiger partial charge in [-0.25, -0.2) is 0 Å². The van der Waals surface area contributed by atoms with Crippen LogP contribution in [0.2, 0.25) is 0 Å². The van der Waals surface area contributed by atoms with E-state index in [2.05, 4.69) is 19.2 Å². The molecule has 1 aliphatic heterocycles. The highest BCUT2D eigenvalue weighted by Gasteiger charge is 2.15. The van der Waals surface area contributed by atoms with Gasteiger partial charge in [-0.05, 0) is 26.3 Å². The molecule has 2 unspecified atom stereocenters. The molecular formula is C10H21NOS. The molecular weight excluding hydrogens is 182 g/mol. The lowest BCUT2D eigenvalue weighted by Gasteiger charge is -2.13. The average Bonchev–Trinajstić information content (AvgIpc) is 2.57. The molecule has 1 N–H and O–H groups in total. The third kappa shape index (κ3) is 4.89. The number of ether oxygens (including phenoxy) is 1. The van der Waals surface area contributed by atoms with Crippen molar-refractivity contribution < 1.29 is 4.74 Å². The summed E-state index contributed by atoms with van der Waals surface area (Å²) in [5.74, 6) is 2.38. The van der Waals surface area contributed by atoms with Crippen molar-refractivity contribution >= 4 is 11.8 Å². The molecule has 78 valence electrons. The van der Waals surface area contributed by atoms with E-state index in [0.717, 1.165) is 13.2 Å². The molecule has 1 fully saturated rings. The van der Waals surface area contributed by atoms with Crippen LogP contribution >= 0.6 is 11.8 Å². The van der Waals surface area contributed by atoms with Gasteiger partial charge in [-0.3, -0.25) is 0 Å². The summed E-state index contributed by atoms with van der Waals surface area (Å²) < 4.78 is 5.55. The fraction of sp³-hybridized carbons (Fsp3) is 1.00. The highest BCUT2D eigenvalue weighted by Crippen LogP contribution is 2.17. The van der Waals surface area contributed by atoms with Gasteiger partial charge in [-0.15, -0.1) is 0 Å². The van der Waals surface area contributed by atoms with E-state index in [9.17, 15) is 0 Å². The molecule has 0 aliphatic carbocycles. The Bertz CT molecular complexity index is 126. The van der Waals surface area contributed by atoms with E-state index in [1.165, 1.54) is 24.3 Å². The van der Waals surface area contributed by atoms with Gasteiger partial charge < -0.3 is 10.1 Å². The maximum absolute atomic E-state index is 5.55. The van der Waals surface area contributed by atoms with Gasteiger partial charge in [0.05, 0.1) is 6.10 Å². The lowest BCUT2D eigenvalue weighted by Crippen LogP contribution is -2.28. The first-order chi connectivity index (χ1) is 6.33. The third-order valence-electron chi connectivity index (χ3n) is 2.25. The Morgan fingerprint density at radius 2 is 2.46 bits per heavy atom. The van der Waals surface area contributed by atoms with E-state index >= 15 is 0 Å². The second-order valence-corrected chi connectivity index (χ2v) is 4.71.